The summed E-state index contributed by atoms with van der Waals surface area (Å²) in [4.78, 5) is 23.0. The molecule has 0 aromatic heterocycles. The third-order valence-electron chi connectivity index (χ3n) is 3.22. The van der Waals surface area contributed by atoms with Crippen LogP contribution in [0, 0.1) is 0 Å². The fourth-order valence-corrected chi connectivity index (χ4v) is 2.22. The lowest BCUT2D eigenvalue weighted by Gasteiger charge is -2.06. The quantitative estimate of drug-likeness (QED) is 0.752. The van der Waals surface area contributed by atoms with E-state index in [2.05, 4.69) is 15.4 Å². The Morgan fingerprint density at radius 2 is 1.80 bits per heavy atom. The minimum atomic E-state index is -0.534. The first-order valence-electron chi connectivity index (χ1n) is 7.33. The molecule has 2 N–H and O–H groups in total. The lowest BCUT2D eigenvalue weighted by molar-refractivity contribution is -0.116. The van der Waals surface area contributed by atoms with Gasteiger partial charge in [-0.25, -0.2) is 4.79 Å². The molecule has 25 heavy (non-hydrogen) atoms. The van der Waals surface area contributed by atoms with Crippen molar-refractivity contribution in [2.45, 2.75) is 6.54 Å². The van der Waals surface area contributed by atoms with E-state index < -0.39 is 6.09 Å². The lowest BCUT2D eigenvalue weighted by atomic mass is 10.2. The highest BCUT2D eigenvalue weighted by Crippen LogP contribution is 2.23. The monoisotopic (exact) mass is 378 g/mol. The molecular formula is C18H16Cl2N2O3. The number of amides is 2. The third-order valence-corrected chi connectivity index (χ3v) is 3.96. The second-order valence-corrected chi connectivity index (χ2v) is 5.85. The molecule has 0 unspecified atom stereocenters. The highest BCUT2D eigenvalue weighted by atomic mass is 35.5. The van der Waals surface area contributed by atoms with Crippen molar-refractivity contribution in [1.82, 2.24) is 5.32 Å². The summed E-state index contributed by atoms with van der Waals surface area (Å²) in [5.74, 6) is -0.233. The van der Waals surface area contributed by atoms with Crippen LogP contribution in [0.25, 0.3) is 6.08 Å². The maximum Gasteiger partial charge on any atom is 0.411 e. The van der Waals surface area contributed by atoms with Crippen LogP contribution >= 0.6 is 23.2 Å². The predicted octanol–water partition coefficient (Wildman–Crippen LogP) is 4.50. The lowest BCUT2D eigenvalue weighted by Crippen LogP contribution is -2.20. The molecule has 5 nitrogen and oxygen atoms in total. The Morgan fingerprint density at radius 1 is 1.08 bits per heavy atom. The van der Waals surface area contributed by atoms with E-state index in [4.69, 9.17) is 23.2 Å². The summed E-state index contributed by atoms with van der Waals surface area (Å²) in [5.41, 5.74) is 2.29. The third kappa shape index (κ3) is 6.14. The molecule has 130 valence electrons. The molecule has 2 rings (SSSR count). The molecule has 0 saturated heterocycles. The summed E-state index contributed by atoms with van der Waals surface area (Å²) in [7, 11) is 1.30. The number of hydrogen-bond donors (Lipinski definition) is 2. The molecule has 2 aromatic carbocycles. The van der Waals surface area contributed by atoms with Crippen LogP contribution in [0.5, 0.6) is 0 Å². The molecule has 0 aliphatic rings. The summed E-state index contributed by atoms with van der Waals surface area (Å²) in [5, 5.41) is 6.22. The number of anilines is 1. The van der Waals surface area contributed by atoms with Crippen molar-refractivity contribution in [3.8, 4) is 0 Å². The van der Waals surface area contributed by atoms with E-state index in [1.54, 1.807) is 48.5 Å². The topological polar surface area (TPSA) is 67.4 Å². The Balaban J connectivity index is 1.85. The van der Waals surface area contributed by atoms with E-state index in [1.165, 1.54) is 13.2 Å². The van der Waals surface area contributed by atoms with Gasteiger partial charge in [0, 0.05) is 18.3 Å². The molecule has 0 bridgehead atoms. The number of carbonyl (C=O) groups excluding carboxylic acids is 2. The first-order valence-corrected chi connectivity index (χ1v) is 8.08. The Labute approximate surface area is 155 Å². The minimum absolute atomic E-state index is 0.233. The van der Waals surface area contributed by atoms with Gasteiger partial charge in [-0.3, -0.25) is 10.1 Å². The maximum atomic E-state index is 11.9. The molecule has 0 saturated carbocycles. The fraction of sp³-hybridized carbons (Fsp3) is 0.111. The zero-order chi connectivity index (χ0) is 18.2. The van der Waals surface area contributed by atoms with E-state index in [0.717, 1.165) is 11.1 Å². The van der Waals surface area contributed by atoms with Crippen molar-refractivity contribution in [3.05, 3.63) is 69.7 Å². The summed E-state index contributed by atoms with van der Waals surface area (Å²) in [6.07, 6.45) is 2.54. The molecule has 0 aliphatic carbocycles. The number of rotatable bonds is 5. The highest BCUT2D eigenvalue weighted by molar-refractivity contribution is 6.42. The fourth-order valence-electron chi connectivity index (χ4n) is 1.91. The number of methoxy groups -OCH3 is 1. The van der Waals surface area contributed by atoms with E-state index in [-0.39, 0.29) is 5.91 Å². The first kappa shape index (κ1) is 18.8. The van der Waals surface area contributed by atoms with Gasteiger partial charge < -0.3 is 10.1 Å². The van der Waals surface area contributed by atoms with E-state index in [9.17, 15) is 9.59 Å². The van der Waals surface area contributed by atoms with Gasteiger partial charge in [-0.1, -0.05) is 41.4 Å². The van der Waals surface area contributed by atoms with E-state index in [1.807, 2.05) is 0 Å². The Hall–Kier alpha value is -2.50. The second-order valence-electron chi connectivity index (χ2n) is 5.04. The van der Waals surface area contributed by atoms with Crippen LogP contribution in [-0.2, 0) is 16.1 Å². The molecular weight excluding hydrogens is 363 g/mol. The minimum Gasteiger partial charge on any atom is -0.453 e. The van der Waals surface area contributed by atoms with Gasteiger partial charge >= 0.3 is 6.09 Å². The summed E-state index contributed by atoms with van der Waals surface area (Å²) < 4.78 is 4.51. The van der Waals surface area contributed by atoms with Gasteiger partial charge in [0.15, 0.2) is 0 Å². The van der Waals surface area contributed by atoms with Crippen molar-refractivity contribution in [3.63, 3.8) is 0 Å². The zero-order valence-electron chi connectivity index (χ0n) is 13.4. The van der Waals surface area contributed by atoms with Crippen LogP contribution in [0.1, 0.15) is 11.1 Å². The smallest absolute Gasteiger partial charge is 0.411 e. The molecule has 0 aliphatic heterocycles. The SMILES string of the molecule is COC(=O)Nc1ccc(CNC(=O)/C=C/c2ccc(Cl)c(Cl)c2)cc1. The molecule has 0 atom stereocenters. The number of ether oxygens (including phenoxy) is 1. The standard InChI is InChI=1S/C18H16Cl2N2O3/c1-25-18(24)22-14-6-2-13(3-7-14)11-21-17(23)9-5-12-4-8-15(19)16(20)10-12/h2-10H,11H2,1H3,(H,21,23)(H,22,24)/b9-5+. The Kier molecular flexibility index (Phi) is 6.86. The first-order chi connectivity index (χ1) is 12.0. The van der Waals surface area contributed by atoms with Crippen molar-refractivity contribution >= 4 is 47.0 Å². The van der Waals surface area contributed by atoms with Crippen LogP contribution in [0.3, 0.4) is 0 Å². The van der Waals surface area contributed by atoms with Crippen LogP contribution in [-0.4, -0.2) is 19.1 Å². The van der Waals surface area contributed by atoms with Gasteiger partial charge in [-0.2, -0.15) is 0 Å². The van der Waals surface area contributed by atoms with Gasteiger partial charge in [0.1, 0.15) is 0 Å². The molecule has 7 heteroatoms. The predicted molar refractivity (Wildman–Crippen MR) is 99.8 cm³/mol. The zero-order valence-corrected chi connectivity index (χ0v) is 14.9. The largest absolute Gasteiger partial charge is 0.453 e. The molecule has 2 amide bonds. The van der Waals surface area contributed by atoms with Crippen molar-refractivity contribution in [1.29, 1.82) is 0 Å². The molecule has 2 aromatic rings. The van der Waals surface area contributed by atoms with Gasteiger partial charge in [-0.05, 0) is 41.5 Å². The van der Waals surface area contributed by atoms with Gasteiger partial charge in [0.25, 0.3) is 0 Å². The van der Waals surface area contributed by atoms with Crippen molar-refractivity contribution in [2.75, 3.05) is 12.4 Å². The number of hydrogen-bond acceptors (Lipinski definition) is 3. The molecule has 0 fully saturated rings. The van der Waals surface area contributed by atoms with Gasteiger partial charge in [0.2, 0.25) is 5.91 Å². The van der Waals surface area contributed by atoms with Crippen LogP contribution in [0.4, 0.5) is 10.5 Å². The van der Waals surface area contributed by atoms with Gasteiger partial charge in [0.05, 0.1) is 17.2 Å². The van der Waals surface area contributed by atoms with Crippen molar-refractivity contribution in [2.24, 2.45) is 0 Å². The summed E-state index contributed by atoms with van der Waals surface area (Å²) >= 11 is 11.8. The number of carbonyl (C=O) groups is 2. The van der Waals surface area contributed by atoms with Gasteiger partial charge in [-0.15, -0.1) is 0 Å². The molecule has 0 radical (unpaired) electrons. The van der Waals surface area contributed by atoms with E-state index in [0.29, 0.717) is 22.3 Å². The average molecular weight is 379 g/mol. The van der Waals surface area contributed by atoms with E-state index >= 15 is 0 Å². The van der Waals surface area contributed by atoms with Crippen LogP contribution in [0.2, 0.25) is 10.0 Å². The second kappa shape index (κ2) is 9.11. The Bertz CT molecular complexity index is 789. The molecule has 0 spiro atoms. The van der Waals surface area contributed by atoms with Crippen molar-refractivity contribution < 1.29 is 14.3 Å². The summed E-state index contributed by atoms with van der Waals surface area (Å²) in [6, 6.07) is 12.2. The number of benzene rings is 2. The number of halogens is 2. The van der Waals surface area contributed by atoms with Crippen LogP contribution in [0.15, 0.2) is 48.5 Å². The average Bonchev–Trinajstić information content (AvgIpc) is 2.62. The maximum absolute atomic E-state index is 11.9. The van der Waals surface area contributed by atoms with Crippen LogP contribution < -0.4 is 10.6 Å². The highest BCUT2D eigenvalue weighted by Gasteiger charge is 2.02. The normalized spacial score (nSPS) is 10.5. The molecule has 0 heterocycles. The Morgan fingerprint density at radius 3 is 2.44 bits per heavy atom. The summed E-state index contributed by atoms with van der Waals surface area (Å²) in [6.45, 7) is 0.364. The number of nitrogens with one attached hydrogen (secondary N) is 2.